The lowest BCUT2D eigenvalue weighted by Gasteiger charge is -2.15. The van der Waals surface area contributed by atoms with Gasteiger partial charge in [0.1, 0.15) is 11.5 Å². The lowest BCUT2D eigenvalue weighted by atomic mass is 10.1. The van der Waals surface area contributed by atoms with E-state index in [1.807, 2.05) is 26.0 Å². The maximum atomic E-state index is 5.61. The molecule has 7 heteroatoms. The third-order valence-electron chi connectivity index (χ3n) is 3.71. The maximum absolute atomic E-state index is 5.61. The van der Waals surface area contributed by atoms with Crippen molar-refractivity contribution in [2.24, 2.45) is 0 Å². The molecule has 2 rings (SSSR count). The van der Waals surface area contributed by atoms with E-state index in [9.17, 15) is 0 Å². The highest BCUT2D eigenvalue weighted by Crippen LogP contribution is 2.35. The van der Waals surface area contributed by atoms with Crippen molar-refractivity contribution in [3.05, 3.63) is 35.4 Å². The summed E-state index contributed by atoms with van der Waals surface area (Å²) in [5, 5.41) is 0. The molecule has 2 aromatic rings. The molecular weight excluding hydrogens is 323 g/mol. The van der Waals surface area contributed by atoms with Gasteiger partial charge in [-0.05, 0) is 37.1 Å². The van der Waals surface area contributed by atoms with Crippen LogP contribution < -0.4 is 28.3 Å². The predicted octanol–water partition coefficient (Wildman–Crippen LogP) is 3.33. The summed E-state index contributed by atoms with van der Waals surface area (Å²) in [6.45, 7) is 3.82. The Hall–Kier alpha value is -2.70. The summed E-state index contributed by atoms with van der Waals surface area (Å²) in [6, 6.07) is 7.16. The Morgan fingerprint density at radius 1 is 0.520 bits per heavy atom. The van der Waals surface area contributed by atoms with Crippen LogP contribution in [0.4, 0.5) is 0 Å². The molecule has 0 fully saturated rings. The van der Waals surface area contributed by atoms with E-state index in [0.717, 1.165) is 11.1 Å². The number of ether oxygens (including phenoxy) is 4. The number of aryl methyl sites for hydroxylation is 2. The summed E-state index contributed by atoms with van der Waals surface area (Å²) in [4.78, 5) is 0. The van der Waals surface area contributed by atoms with Crippen molar-refractivity contribution in [2.75, 3.05) is 28.4 Å². The van der Waals surface area contributed by atoms with Crippen LogP contribution in [-0.2, 0) is 0 Å². The van der Waals surface area contributed by atoms with E-state index in [-0.39, 0.29) is 0 Å². The molecule has 0 spiro atoms. The van der Waals surface area contributed by atoms with Gasteiger partial charge in [0.2, 0.25) is 0 Å². The fourth-order valence-corrected chi connectivity index (χ4v) is 2.31. The molecule has 0 amide bonds. The summed E-state index contributed by atoms with van der Waals surface area (Å²) in [5.41, 5.74) is 1.78. The van der Waals surface area contributed by atoms with Crippen molar-refractivity contribution in [1.29, 1.82) is 0 Å². The Balaban J connectivity index is 2.11. The summed E-state index contributed by atoms with van der Waals surface area (Å²) >= 11 is 0. The Labute approximate surface area is 148 Å². The van der Waals surface area contributed by atoms with Gasteiger partial charge in [0.25, 0.3) is 0 Å². The molecule has 2 aromatic carbocycles. The molecule has 0 aromatic heterocycles. The second-order valence-corrected chi connectivity index (χ2v) is 5.28. The van der Waals surface area contributed by atoms with Gasteiger partial charge in [0, 0.05) is 12.1 Å². The van der Waals surface area contributed by atoms with E-state index < -0.39 is 0 Å². The number of hydrogen-bond acceptors (Lipinski definition) is 6. The Kier molecular flexibility index (Phi) is 6.28. The van der Waals surface area contributed by atoms with E-state index in [4.69, 9.17) is 28.3 Å². The molecule has 0 heterocycles. The van der Waals surface area contributed by atoms with E-state index in [0.29, 0.717) is 34.5 Å². The molecule has 0 aliphatic rings. The highest BCUT2D eigenvalue weighted by molar-refractivity contribution is 6.20. The van der Waals surface area contributed by atoms with Crippen molar-refractivity contribution < 1.29 is 28.3 Å². The average Bonchev–Trinajstić information content (AvgIpc) is 2.63. The Morgan fingerprint density at radius 2 is 0.840 bits per heavy atom. The summed E-state index contributed by atoms with van der Waals surface area (Å²) in [5.74, 6) is 3.66. The van der Waals surface area contributed by atoms with Gasteiger partial charge in [-0.1, -0.05) is 0 Å². The zero-order valence-corrected chi connectivity index (χ0v) is 15.3. The van der Waals surface area contributed by atoms with Crippen LogP contribution in [0.1, 0.15) is 11.1 Å². The molecule has 133 valence electrons. The monoisotopic (exact) mass is 345 g/mol. The molecule has 25 heavy (non-hydrogen) atoms. The number of methoxy groups -OCH3 is 4. The van der Waals surface area contributed by atoms with Gasteiger partial charge in [-0.15, -0.1) is 0 Å². The number of hydrogen-bond donors (Lipinski definition) is 0. The fraction of sp³-hybridized carbons (Fsp3) is 0.333. The largest absolute Gasteiger partial charge is 0.658 e. The van der Waals surface area contributed by atoms with Crippen LogP contribution in [0.2, 0.25) is 0 Å². The maximum Gasteiger partial charge on any atom is 0.658 e. The molecule has 0 aliphatic heterocycles. The molecule has 1 radical (unpaired) electrons. The van der Waals surface area contributed by atoms with Crippen molar-refractivity contribution in [2.45, 2.75) is 13.8 Å². The summed E-state index contributed by atoms with van der Waals surface area (Å²) in [7, 11) is 7.59. The van der Waals surface area contributed by atoms with Crippen LogP contribution >= 0.6 is 0 Å². The molecule has 0 aliphatic carbocycles. The third kappa shape index (κ3) is 4.23. The lowest BCUT2D eigenvalue weighted by Crippen LogP contribution is -2.12. The van der Waals surface area contributed by atoms with E-state index in [1.165, 1.54) is 7.69 Å². The van der Waals surface area contributed by atoms with Gasteiger partial charge in [-0.25, -0.2) is 0 Å². The SMILES string of the molecule is COc1cc(C)c(O[B]Oc2cc(OC)c(OC)cc2C)cc1OC. The van der Waals surface area contributed by atoms with Gasteiger partial charge in [-0.2, -0.15) is 0 Å². The van der Waals surface area contributed by atoms with E-state index in [2.05, 4.69) is 0 Å². The molecule has 0 atom stereocenters. The minimum absolute atomic E-state index is 0.582. The van der Waals surface area contributed by atoms with Crippen LogP contribution in [0.15, 0.2) is 24.3 Å². The molecular formula is C18H22BO6. The van der Waals surface area contributed by atoms with Crippen LogP contribution in [0, 0.1) is 13.8 Å². The minimum atomic E-state index is 0.582. The van der Waals surface area contributed by atoms with Crippen LogP contribution in [0.5, 0.6) is 34.5 Å². The van der Waals surface area contributed by atoms with Gasteiger partial charge in [0.15, 0.2) is 23.0 Å². The van der Waals surface area contributed by atoms with Crippen molar-refractivity contribution >= 4 is 7.69 Å². The zero-order valence-electron chi connectivity index (χ0n) is 15.3. The highest BCUT2D eigenvalue weighted by Gasteiger charge is 2.14. The molecule has 0 N–H and O–H groups in total. The second kappa shape index (κ2) is 8.42. The molecule has 6 nitrogen and oxygen atoms in total. The quantitative estimate of drug-likeness (QED) is 0.684. The molecule has 0 saturated heterocycles. The minimum Gasteiger partial charge on any atom is -0.526 e. The number of benzene rings is 2. The first kappa shape index (κ1) is 18.6. The van der Waals surface area contributed by atoms with Crippen LogP contribution in [-0.4, -0.2) is 36.1 Å². The first-order chi connectivity index (χ1) is 12.0. The van der Waals surface area contributed by atoms with Crippen molar-refractivity contribution in [3.63, 3.8) is 0 Å². The first-order valence-corrected chi connectivity index (χ1v) is 7.64. The Morgan fingerprint density at radius 3 is 1.16 bits per heavy atom. The normalized spacial score (nSPS) is 10.0. The third-order valence-corrected chi connectivity index (χ3v) is 3.71. The summed E-state index contributed by atoms with van der Waals surface area (Å²) in [6.07, 6.45) is 0. The first-order valence-electron chi connectivity index (χ1n) is 7.64. The standard InChI is InChI=1S/C18H22BO6/c1-11-7-15(20-3)17(22-5)9-13(11)24-19-25-14-10-18(23-6)16(21-4)8-12(14)2/h7-10H,1-6H3. The predicted molar refractivity (Wildman–Crippen MR) is 95.6 cm³/mol. The topological polar surface area (TPSA) is 55.4 Å². The van der Waals surface area contributed by atoms with Crippen molar-refractivity contribution in [3.8, 4) is 34.5 Å². The van der Waals surface area contributed by atoms with Crippen LogP contribution in [0.25, 0.3) is 0 Å². The fourth-order valence-electron chi connectivity index (χ4n) is 2.31. The molecule has 0 unspecified atom stereocenters. The van der Waals surface area contributed by atoms with Gasteiger partial charge in [0.05, 0.1) is 28.4 Å². The highest BCUT2D eigenvalue weighted by atomic mass is 16.6. The molecule has 0 saturated carbocycles. The van der Waals surface area contributed by atoms with E-state index in [1.54, 1.807) is 40.6 Å². The smallest absolute Gasteiger partial charge is 0.526 e. The van der Waals surface area contributed by atoms with Gasteiger partial charge >= 0.3 is 7.69 Å². The van der Waals surface area contributed by atoms with E-state index >= 15 is 0 Å². The van der Waals surface area contributed by atoms with Gasteiger partial charge < -0.3 is 28.3 Å². The summed E-state index contributed by atoms with van der Waals surface area (Å²) < 4.78 is 32.3. The van der Waals surface area contributed by atoms with Crippen LogP contribution in [0.3, 0.4) is 0 Å². The average molecular weight is 345 g/mol. The van der Waals surface area contributed by atoms with Crippen molar-refractivity contribution in [1.82, 2.24) is 0 Å². The number of rotatable bonds is 8. The Bertz CT molecular complexity index is 670. The second-order valence-electron chi connectivity index (χ2n) is 5.28. The molecule has 0 bridgehead atoms. The lowest BCUT2D eigenvalue weighted by molar-refractivity contribution is 0.350. The van der Waals surface area contributed by atoms with Gasteiger partial charge in [-0.3, -0.25) is 0 Å². The zero-order chi connectivity index (χ0) is 18.4.